The Kier molecular flexibility index (Phi) is 4.88. The SMILES string of the molecule is C/C=C(\C)C(=O)O[C@@H]1CC(CO)=C2C(=O)C=C(C)[C@@H]2[C@H]2OC(=O)[C@H](C)[C@@H]21. The summed E-state index contributed by atoms with van der Waals surface area (Å²) >= 11 is 0. The van der Waals surface area contributed by atoms with Crippen molar-refractivity contribution in [2.75, 3.05) is 6.61 Å². The minimum absolute atomic E-state index is 0.164. The van der Waals surface area contributed by atoms with Crippen LogP contribution in [0.15, 0.2) is 34.4 Å². The Hall–Kier alpha value is -2.21. The number of fused-ring (bicyclic) bond motifs is 3. The lowest BCUT2D eigenvalue weighted by atomic mass is 9.79. The van der Waals surface area contributed by atoms with Crippen LogP contribution in [0.4, 0.5) is 0 Å². The molecule has 6 nitrogen and oxygen atoms in total. The fourth-order valence-corrected chi connectivity index (χ4v) is 4.27. The fourth-order valence-electron chi connectivity index (χ4n) is 4.27. The Morgan fingerprint density at radius 3 is 2.73 bits per heavy atom. The van der Waals surface area contributed by atoms with E-state index in [2.05, 4.69) is 0 Å². The van der Waals surface area contributed by atoms with Crippen LogP contribution in [0.2, 0.25) is 0 Å². The molecule has 0 saturated carbocycles. The van der Waals surface area contributed by atoms with Crippen LogP contribution in [0.5, 0.6) is 0 Å². The van der Waals surface area contributed by atoms with E-state index < -0.39 is 24.1 Å². The molecule has 6 heteroatoms. The molecule has 3 rings (SSSR count). The number of rotatable bonds is 3. The molecular weight excluding hydrogens is 336 g/mol. The number of hydrogen-bond acceptors (Lipinski definition) is 6. The first-order valence-corrected chi connectivity index (χ1v) is 8.89. The Labute approximate surface area is 152 Å². The molecule has 1 N–H and O–H groups in total. The standard InChI is InChI=1S/C20H24O6/c1-5-9(2)19(23)25-14-7-12(8-21)17-13(22)6-10(3)15(17)18-16(14)11(4)20(24)26-18/h5-6,11,14-16,18,21H,7-8H2,1-4H3/b9-5+/t11-,14-,15+,16-,18-/m1/s1. The number of aliphatic hydroxyl groups is 1. The molecule has 0 aromatic rings. The van der Waals surface area contributed by atoms with Crippen LogP contribution in [0, 0.1) is 17.8 Å². The van der Waals surface area contributed by atoms with Gasteiger partial charge in [0.1, 0.15) is 12.2 Å². The summed E-state index contributed by atoms with van der Waals surface area (Å²) in [5.74, 6) is -2.17. The van der Waals surface area contributed by atoms with Crippen LogP contribution in [0.3, 0.4) is 0 Å². The van der Waals surface area contributed by atoms with E-state index >= 15 is 0 Å². The van der Waals surface area contributed by atoms with Crippen LogP contribution in [0.1, 0.15) is 34.1 Å². The van der Waals surface area contributed by atoms with E-state index in [1.165, 1.54) is 0 Å². The minimum Gasteiger partial charge on any atom is -0.461 e. The van der Waals surface area contributed by atoms with Crippen molar-refractivity contribution in [3.63, 3.8) is 0 Å². The lowest BCUT2D eigenvalue weighted by molar-refractivity contribution is -0.148. The van der Waals surface area contributed by atoms with E-state index in [9.17, 15) is 19.5 Å². The molecular formula is C20H24O6. The van der Waals surface area contributed by atoms with E-state index in [-0.39, 0.29) is 36.6 Å². The van der Waals surface area contributed by atoms with Gasteiger partial charge in [0.25, 0.3) is 0 Å². The summed E-state index contributed by atoms with van der Waals surface area (Å²) in [6, 6.07) is 0. The second-order valence-corrected chi connectivity index (χ2v) is 7.29. The zero-order valence-corrected chi connectivity index (χ0v) is 15.4. The highest BCUT2D eigenvalue weighted by molar-refractivity contribution is 6.09. The predicted molar refractivity (Wildman–Crippen MR) is 92.8 cm³/mol. The molecule has 3 aliphatic rings. The van der Waals surface area contributed by atoms with Crippen molar-refractivity contribution in [1.29, 1.82) is 0 Å². The van der Waals surface area contributed by atoms with Gasteiger partial charge in [-0.05, 0) is 32.4 Å². The van der Waals surface area contributed by atoms with Crippen molar-refractivity contribution < 1.29 is 29.0 Å². The zero-order valence-electron chi connectivity index (χ0n) is 15.4. The highest BCUT2D eigenvalue weighted by Crippen LogP contribution is 2.48. The number of hydrogen-bond donors (Lipinski definition) is 1. The highest BCUT2D eigenvalue weighted by Gasteiger charge is 2.55. The summed E-state index contributed by atoms with van der Waals surface area (Å²) in [5.41, 5.74) is 2.32. The molecule has 1 aliphatic heterocycles. The summed E-state index contributed by atoms with van der Waals surface area (Å²) in [4.78, 5) is 37.1. The molecule has 1 heterocycles. The zero-order chi connectivity index (χ0) is 19.2. The molecule has 5 atom stereocenters. The van der Waals surface area contributed by atoms with E-state index in [0.717, 1.165) is 5.57 Å². The van der Waals surface area contributed by atoms with Gasteiger partial charge in [-0.15, -0.1) is 0 Å². The topological polar surface area (TPSA) is 89.9 Å². The molecule has 0 spiro atoms. The van der Waals surface area contributed by atoms with Gasteiger partial charge in [-0.1, -0.05) is 18.6 Å². The minimum atomic E-state index is -0.635. The third kappa shape index (κ3) is 2.82. The molecule has 0 amide bonds. The van der Waals surface area contributed by atoms with Gasteiger partial charge in [0.15, 0.2) is 5.78 Å². The molecule has 0 aromatic heterocycles. The monoisotopic (exact) mass is 360 g/mol. The predicted octanol–water partition coefficient (Wildman–Crippen LogP) is 1.88. The van der Waals surface area contributed by atoms with Crippen molar-refractivity contribution >= 4 is 17.7 Å². The van der Waals surface area contributed by atoms with Gasteiger partial charge >= 0.3 is 11.9 Å². The first kappa shape index (κ1) is 18.6. The molecule has 0 aromatic carbocycles. The number of carbonyl (C=O) groups excluding carboxylic acids is 3. The Balaban J connectivity index is 2.06. The molecule has 1 saturated heterocycles. The van der Waals surface area contributed by atoms with Crippen LogP contribution in [-0.4, -0.2) is 41.6 Å². The molecule has 0 bridgehead atoms. The lowest BCUT2D eigenvalue weighted by Gasteiger charge is -2.29. The normalized spacial score (nSPS) is 34.1. The molecule has 2 aliphatic carbocycles. The second kappa shape index (κ2) is 6.83. The van der Waals surface area contributed by atoms with Crippen molar-refractivity contribution in [3.05, 3.63) is 34.4 Å². The molecule has 0 radical (unpaired) electrons. The Morgan fingerprint density at radius 2 is 2.12 bits per heavy atom. The smallest absolute Gasteiger partial charge is 0.333 e. The van der Waals surface area contributed by atoms with Crippen molar-refractivity contribution in [2.24, 2.45) is 17.8 Å². The Morgan fingerprint density at radius 1 is 1.42 bits per heavy atom. The third-order valence-corrected chi connectivity index (χ3v) is 5.80. The van der Waals surface area contributed by atoms with Crippen molar-refractivity contribution in [1.82, 2.24) is 0 Å². The number of allylic oxidation sites excluding steroid dienone is 2. The van der Waals surface area contributed by atoms with Gasteiger partial charge in [-0.2, -0.15) is 0 Å². The maximum absolute atomic E-state index is 12.5. The molecule has 1 fully saturated rings. The van der Waals surface area contributed by atoms with Gasteiger partial charge < -0.3 is 14.6 Å². The highest BCUT2D eigenvalue weighted by atomic mass is 16.6. The van der Waals surface area contributed by atoms with Crippen LogP contribution in [-0.2, 0) is 23.9 Å². The first-order valence-electron chi connectivity index (χ1n) is 8.89. The number of esters is 2. The summed E-state index contributed by atoms with van der Waals surface area (Å²) in [7, 11) is 0. The van der Waals surface area contributed by atoms with E-state index in [1.54, 1.807) is 32.9 Å². The second-order valence-electron chi connectivity index (χ2n) is 7.29. The van der Waals surface area contributed by atoms with E-state index in [0.29, 0.717) is 16.7 Å². The van der Waals surface area contributed by atoms with E-state index in [4.69, 9.17) is 9.47 Å². The summed E-state index contributed by atoms with van der Waals surface area (Å²) in [6.45, 7) is 6.70. The van der Waals surface area contributed by atoms with Gasteiger partial charge in [0.2, 0.25) is 0 Å². The lowest BCUT2D eigenvalue weighted by Crippen LogP contribution is -2.38. The molecule has 140 valence electrons. The average molecular weight is 360 g/mol. The fraction of sp³-hybridized carbons (Fsp3) is 0.550. The summed E-state index contributed by atoms with van der Waals surface area (Å²) in [5, 5.41) is 9.86. The van der Waals surface area contributed by atoms with E-state index in [1.807, 2.05) is 6.92 Å². The quantitative estimate of drug-likeness (QED) is 0.610. The largest absolute Gasteiger partial charge is 0.461 e. The third-order valence-electron chi connectivity index (χ3n) is 5.80. The number of ether oxygens (including phenoxy) is 2. The van der Waals surface area contributed by atoms with Crippen LogP contribution < -0.4 is 0 Å². The van der Waals surface area contributed by atoms with Gasteiger partial charge in [-0.25, -0.2) is 4.79 Å². The number of carbonyl (C=O) groups is 3. The first-order chi connectivity index (χ1) is 12.3. The van der Waals surface area contributed by atoms with Crippen LogP contribution >= 0.6 is 0 Å². The Bertz CT molecular complexity index is 756. The number of aliphatic hydroxyl groups excluding tert-OH is 1. The van der Waals surface area contributed by atoms with Gasteiger partial charge in [0, 0.05) is 29.4 Å². The van der Waals surface area contributed by atoms with Gasteiger partial charge in [0.05, 0.1) is 12.5 Å². The molecule has 0 unspecified atom stereocenters. The average Bonchev–Trinajstić information content (AvgIpc) is 3.00. The van der Waals surface area contributed by atoms with Crippen LogP contribution in [0.25, 0.3) is 0 Å². The number of ketones is 1. The molecule has 26 heavy (non-hydrogen) atoms. The summed E-state index contributed by atoms with van der Waals surface area (Å²) < 4.78 is 11.3. The maximum atomic E-state index is 12.5. The maximum Gasteiger partial charge on any atom is 0.333 e. The van der Waals surface area contributed by atoms with Crippen molar-refractivity contribution in [3.8, 4) is 0 Å². The van der Waals surface area contributed by atoms with Crippen molar-refractivity contribution in [2.45, 2.75) is 46.3 Å². The summed E-state index contributed by atoms with van der Waals surface area (Å²) in [6.07, 6.45) is 2.22. The van der Waals surface area contributed by atoms with Gasteiger partial charge in [-0.3, -0.25) is 9.59 Å².